The minimum absolute atomic E-state index is 0.202. The van der Waals surface area contributed by atoms with Crippen molar-refractivity contribution >= 4 is 50.0 Å². The van der Waals surface area contributed by atoms with E-state index in [0.29, 0.717) is 0 Å². The summed E-state index contributed by atoms with van der Waals surface area (Å²) in [5.41, 5.74) is 7.24. The summed E-state index contributed by atoms with van der Waals surface area (Å²) in [4.78, 5) is 0. The van der Waals surface area contributed by atoms with Gasteiger partial charge in [-0.3, -0.25) is 0 Å². The van der Waals surface area contributed by atoms with Crippen molar-refractivity contribution in [2.24, 2.45) is 5.73 Å². The number of hydrogen-bond acceptors (Lipinski definition) is 3. The van der Waals surface area contributed by atoms with Gasteiger partial charge in [0.1, 0.15) is 0 Å². The van der Waals surface area contributed by atoms with Crippen molar-refractivity contribution < 1.29 is 0 Å². The summed E-state index contributed by atoms with van der Waals surface area (Å²) in [5.74, 6) is 1.67. The minimum atomic E-state index is -0.319. The molecule has 0 spiro atoms. The van der Waals surface area contributed by atoms with Crippen molar-refractivity contribution in [3.8, 4) is 0 Å². The Morgan fingerprint density at radius 3 is 1.94 bits per heavy atom. The van der Waals surface area contributed by atoms with E-state index >= 15 is 0 Å². The van der Waals surface area contributed by atoms with Gasteiger partial charge in [0.15, 0.2) is 0 Å². The van der Waals surface area contributed by atoms with Crippen molar-refractivity contribution in [2.75, 3.05) is 11.5 Å². The van der Waals surface area contributed by atoms with Crippen molar-refractivity contribution in [3.63, 3.8) is 0 Å². The van der Waals surface area contributed by atoms with Gasteiger partial charge in [0.2, 0.25) is 0 Å². The van der Waals surface area contributed by atoms with E-state index in [1.54, 1.807) is 3.58 Å². The van der Waals surface area contributed by atoms with Crippen LogP contribution < -0.4 is 9.31 Å². The molecular formula is C14H25NS2Sn. The zero-order valence-electron chi connectivity index (χ0n) is 11.9. The second-order valence-corrected chi connectivity index (χ2v) is 9.20. The molecule has 1 rings (SSSR count). The Hall–Kier alpha value is 0.679. The van der Waals surface area contributed by atoms with Gasteiger partial charge in [0.25, 0.3) is 0 Å². The molecule has 1 aromatic carbocycles. The third-order valence-corrected chi connectivity index (χ3v) is 5.21. The molecule has 0 saturated carbocycles. The van der Waals surface area contributed by atoms with E-state index < -0.39 is 0 Å². The predicted octanol–water partition coefficient (Wildman–Crippen LogP) is 2.58. The van der Waals surface area contributed by atoms with Crippen LogP contribution in [0, 0.1) is 0 Å². The summed E-state index contributed by atoms with van der Waals surface area (Å²) < 4.78 is 2.92. The monoisotopic (exact) mass is 391 g/mol. The molecule has 102 valence electrons. The van der Waals surface area contributed by atoms with E-state index in [1.165, 1.54) is 10.0 Å². The summed E-state index contributed by atoms with van der Waals surface area (Å²) >= 11 is 8.47. The number of benzene rings is 1. The van der Waals surface area contributed by atoms with Gasteiger partial charge in [0, 0.05) is 0 Å². The first kappa shape index (κ1) is 21.0. The van der Waals surface area contributed by atoms with E-state index in [2.05, 4.69) is 63.4 Å². The first-order chi connectivity index (χ1) is 8.58. The molecule has 0 aliphatic rings. The average Bonchev–Trinajstić information content (AvgIpc) is 2.32. The molecule has 0 heterocycles. The van der Waals surface area contributed by atoms with Crippen LogP contribution in [0.1, 0.15) is 39.3 Å². The Kier molecular flexibility index (Phi) is 18.3. The Morgan fingerprint density at radius 2 is 1.56 bits per heavy atom. The number of rotatable bonds is 3. The van der Waals surface area contributed by atoms with Gasteiger partial charge in [-0.15, -0.1) is 0 Å². The SMILES string of the molecule is CC[S-].CC[S-].C[CH2][Sn+2][c]1ccccc1C(C)N. The second kappa shape index (κ2) is 15.7. The van der Waals surface area contributed by atoms with Gasteiger partial charge in [-0.05, 0) is 0 Å². The molecule has 0 aliphatic heterocycles. The zero-order valence-corrected chi connectivity index (χ0v) is 16.4. The van der Waals surface area contributed by atoms with Crippen LogP contribution in [-0.2, 0) is 25.3 Å². The molecule has 0 fully saturated rings. The van der Waals surface area contributed by atoms with E-state index in [4.69, 9.17) is 5.73 Å². The van der Waals surface area contributed by atoms with Crippen LogP contribution in [0.2, 0.25) is 4.44 Å². The summed E-state index contributed by atoms with van der Waals surface area (Å²) in [6.45, 7) is 8.21. The number of hydrogen-bond donors (Lipinski definition) is 1. The molecule has 1 atom stereocenters. The molecule has 2 N–H and O–H groups in total. The van der Waals surface area contributed by atoms with E-state index in [-0.39, 0.29) is 27.2 Å². The van der Waals surface area contributed by atoms with Gasteiger partial charge in [0.05, 0.1) is 0 Å². The average molecular weight is 390 g/mol. The van der Waals surface area contributed by atoms with E-state index in [1.807, 2.05) is 13.8 Å². The number of nitrogens with two attached hydrogens (primary N) is 1. The van der Waals surface area contributed by atoms with Crippen LogP contribution in [0.4, 0.5) is 0 Å². The summed E-state index contributed by atoms with van der Waals surface area (Å²) in [7, 11) is 0. The summed E-state index contributed by atoms with van der Waals surface area (Å²) in [5, 5.41) is 0. The van der Waals surface area contributed by atoms with Crippen molar-refractivity contribution in [2.45, 2.75) is 38.2 Å². The van der Waals surface area contributed by atoms with Gasteiger partial charge < -0.3 is 25.3 Å². The Balaban J connectivity index is 0. The van der Waals surface area contributed by atoms with Crippen LogP contribution in [-0.4, -0.2) is 32.6 Å². The topological polar surface area (TPSA) is 26.0 Å². The molecule has 0 aliphatic carbocycles. The molecule has 4 heteroatoms. The molecule has 0 aromatic heterocycles. The summed E-state index contributed by atoms with van der Waals surface area (Å²) in [6, 6.07) is 8.81. The Morgan fingerprint density at radius 1 is 1.11 bits per heavy atom. The fraction of sp³-hybridized carbons (Fsp3) is 0.571. The van der Waals surface area contributed by atoms with Gasteiger partial charge in [-0.25, -0.2) is 0 Å². The van der Waals surface area contributed by atoms with Crippen LogP contribution in [0.15, 0.2) is 24.3 Å². The van der Waals surface area contributed by atoms with Crippen molar-refractivity contribution in [1.29, 1.82) is 0 Å². The first-order valence-electron chi connectivity index (χ1n) is 6.33. The molecule has 1 nitrogen and oxygen atoms in total. The van der Waals surface area contributed by atoms with Crippen molar-refractivity contribution in [3.05, 3.63) is 29.8 Å². The second-order valence-electron chi connectivity index (χ2n) is 3.48. The quantitative estimate of drug-likeness (QED) is 0.635. The molecule has 0 bridgehead atoms. The molecule has 0 saturated heterocycles. The van der Waals surface area contributed by atoms with Gasteiger partial charge >= 0.3 is 84.6 Å². The maximum atomic E-state index is 5.87. The first-order valence-corrected chi connectivity index (χ1v) is 10.9. The van der Waals surface area contributed by atoms with Crippen LogP contribution in [0.3, 0.4) is 0 Å². The predicted molar refractivity (Wildman–Crippen MR) is 90.7 cm³/mol. The fourth-order valence-electron chi connectivity index (χ4n) is 1.25. The maximum absolute atomic E-state index is 5.87. The van der Waals surface area contributed by atoms with E-state index in [9.17, 15) is 0 Å². The molecule has 1 aromatic rings. The van der Waals surface area contributed by atoms with Crippen LogP contribution in [0.25, 0.3) is 0 Å². The van der Waals surface area contributed by atoms with Gasteiger partial charge in [-0.1, -0.05) is 13.8 Å². The van der Waals surface area contributed by atoms with Gasteiger partial charge in [-0.2, -0.15) is 11.5 Å². The summed E-state index contributed by atoms with van der Waals surface area (Å²) in [6.07, 6.45) is 0. The Labute approximate surface area is 134 Å². The standard InChI is InChI=1S/C8H10N.2C2H6S.C2H5.Sn/c1-7(9)8-5-3-2-4-6-8;2*1-2-3;1-2;/h2-5,7H,9H2,1H3;2*3H,2H2,1H3;1H2,2H3;/q;;;;+2/p-2. The van der Waals surface area contributed by atoms with Crippen LogP contribution >= 0.6 is 0 Å². The Bertz CT molecular complexity index is 278. The van der Waals surface area contributed by atoms with Crippen molar-refractivity contribution in [1.82, 2.24) is 0 Å². The molecule has 1 unspecified atom stereocenters. The molecule has 0 amide bonds. The molecule has 18 heavy (non-hydrogen) atoms. The molecule has 0 radical (unpaired) electrons. The van der Waals surface area contributed by atoms with E-state index in [0.717, 1.165) is 11.5 Å². The fourth-order valence-corrected chi connectivity index (χ4v) is 4.41. The zero-order chi connectivity index (χ0) is 14.4. The van der Waals surface area contributed by atoms with Crippen LogP contribution in [0.5, 0.6) is 0 Å². The third kappa shape index (κ3) is 11.8. The molecular weight excluding hydrogens is 365 g/mol. The normalized spacial score (nSPS) is 10.2. The third-order valence-electron chi connectivity index (χ3n) is 1.82.